The SMILES string of the molecule is Cc1nc2ccccc2n1CCCN(C)C. The summed E-state index contributed by atoms with van der Waals surface area (Å²) in [5.74, 6) is 1.11. The van der Waals surface area contributed by atoms with Gasteiger partial charge in [-0.25, -0.2) is 4.98 Å². The average molecular weight is 217 g/mol. The molecule has 86 valence electrons. The lowest BCUT2D eigenvalue weighted by Gasteiger charge is -2.11. The molecule has 0 saturated heterocycles. The molecular formula is C13H19N3. The summed E-state index contributed by atoms with van der Waals surface area (Å²) in [4.78, 5) is 6.78. The maximum atomic E-state index is 4.56. The van der Waals surface area contributed by atoms with Crippen LogP contribution in [0.1, 0.15) is 12.2 Å². The first-order valence-corrected chi connectivity index (χ1v) is 5.75. The van der Waals surface area contributed by atoms with E-state index in [9.17, 15) is 0 Å². The molecule has 3 nitrogen and oxygen atoms in total. The van der Waals surface area contributed by atoms with Crippen LogP contribution in [0, 0.1) is 6.92 Å². The van der Waals surface area contributed by atoms with Crippen LogP contribution >= 0.6 is 0 Å². The third-order valence-corrected chi connectivity index (χ3v) is 2.83. The Morgan fingerprint density at radius 2 is 2.00 bits per heavy atom. The van der Waals surface area contributed by atoms with Gasteiger partial charge in [0.15, 0.2) is 0 Å². The van der Waals surface area contributed by atoms with Gasteiger partial charge < -0.3 is 9.47 Å². The van der Waals surface area contributed by atoms with Crippen molar-refractivity contribution in [3.05, 3.63) is 30.1 Å². The fraction of sp³-hybridized carbons (Fsp3) is 0.462. The zero-order valence-electron chi connectivity index (χ0n) is 10.3. The van der Waals surface area contributed by atoms with Crippen molar-refractivity contribution in [3.63, 3.8) is 0 Å². The van der Waals surface area contributed by atoms with Crippen molar-refractivity contribution >= 4 is 11.0 Å². The molecule has 0 aliphatic rings. The van der Waals surface area contributed by atoms with Crippen molar-refractivity contribution in [2.45, 2.75) is 19.9 Å². The molecule has 0 amide bonds. The van der Waals surface area contributed by atoms with Crippen molar-refractivity contribution < 1.29 is 0 Å². The normalized spacial score (nSPS) is 11.5. The van der Waals surface area contributed by atoms with Crippen LogP contribution in [0.25, 0.3) is 11.0 Å². The van der Waals surface area contributed by atoms with Crippen molar-refractivity contribution in [1.29, 1.82) is 0 Å². The second-order valence-electron chi connectivity index (χ2n) is 4.46. The van der Waals surface area contributed by atoms with E-state index in [2.05, 4.69) is 53.7 Å². The first-order chi connectivity index (χ1) is 7.68. The van der Waals surface area contributed by atoms with Crippen LogP contribution in [0.3, 0.4) is 0 Å². The van der Waals surface area contributed by atoms with Crippen molar-refractivity contribution in [2.24, 2.45) is 0 Å². The molecule has 0 atom stereocenters. The van der Waals surface area contributed by atoms with Gasteiger partial charge >= 0.3 is 0 Å². The van der Waals surface area contributed by atoms with Gasteiger partial charge in [0.25, 0.3) is 0 Å². The number of nitrogens with zero attached hydrogens (tertiary/aromatic N) is 3. The summed E-state index contributed by atoms with van der Waals surface area (Å²) >= 11 is 0. The van der Waals surface area contributed by atoms with Crippen LogP contribution in [0.2, 0.25) is 0 Å². The molecular weight excluding hydrogens is 198 g/mol. The summed E-state index contributed by atoms with van der Waals surface area (Å²) < 4.78 is 2.30. The Balaban J connectivity index is 2.19. The first-order valence-electron chi connectivity index (χ1n) is 5.75. The molecule has 0 N–H and O–H groups in total. The molecule has 0 bridgehead atoms. The molecule has 0 aliphatic carbocycles. The fourth-order valence-electron chi connectivity index (χ4n) is 2.02. The second kappa shape index (κ2) is 4.66. The van der Waals surface area contributed by atoms with E-state index in [0.29, 0.717) is 0 Å². The van der Waals surface area contributed by atoms with Crippen LogP contribution in [0.4, 0.5) is 0 Å². The Bertz CT molecular complexity index is 471. The monoisotopic (exact) mass is 217 g/mol. The maximum absolute atomic E-state index is 4.56. The van der Waals surface area contributed by atoms with E-state index in [4.69, 9.17) is 0 Å². The number of rotatable bonds is 4. The summed E-state index contributed by atoms with van der Waals surface area (Å²) in [6, 6.07) is 8.33. The average Bonchev–Trinajstić information content (AvgIpc) is 2.55. The summed E-state index contributed by atoms with van der Waals surface area (Å²) in [6.45, 7) is 4.24. The van der Waals surface area contributed by atoms with Crippen LogP contribution in [0.5, 0.6) is 0 Å². The lowest BCUT2D eigenvalue weighted by atomic mass is 10.3. The molecule has 0 aliphatic heterocycles. The third kappa shape index (κ3) is 2.25. The molecule has 0 radical (unpaired) electrons. The Kier molecular flexibility index (Phi) is 3.25. The van der Waals surface area contributed by atoms with Gasteiger partial charge in [-0.3, -0.25) is 0 Å². The molecule has 0 spiro atoms. The number of aromatic nitrogens is 2. The highest BCUT2D eigenvalue weighted by atomic mass is 15.1. The third-order valence-electron chi connectivity index (χ3n) is 2.83. The Hall–Kier alpha value is -1.35. The van der Waals surface area contributed by atoms with Gasteiger partial charge in [0, 0.05) is 6.54 Å². The van der Waals surface area contributed by atoms with Crippen molar-refractivity contribution in [3.8, 4) is 0 Å². The van der Waals surface area contributed by atoms with E-state index in [0.717, 1.165) is 30.9 Å². The zero-order chi connectivity index (χ0) is 11.5. The quantitative estimate of drug-likeness (QED) is 0.783. The van der Waals surface area contributed by atoms with E-state index >= 15 is 0 Å². The van der Waals surface area contributed by atoms with Gasteiger partial charge in [0.2, 0.25) is 0 Å². The molecule has 0 unspecified atom stereocenters. The lowest BCUT2D eigenvalue weighted by molar-refractivity contribution is 0.387. The number of imidazole rings is 1. The van der Waals surface area contributed by atoms with Crippen molar-refractivity contribution in [1.82, 2.24) is 14.5 Å². The predicted octanol–water partition coefficient (Wildman–Crippen LogP) is 2.30. The van der Waals surface area contributed by atoms with Gasteiger partial charge in [-0.15, -0.1) is 0 Å². The molecule has 1 aromatic carbocycles. The highest BCUT2D eigenvalue weighted by Gasteiger charge is 2.05. The molecule has 0 fully saturated rings. The molecule has 2 aromatic rings. The largest absolute Gasteiger partial charge is 0.328 e. The minimum atomic E-state index is 1.05. The number of fused-ring (bicyclic) bond motifs is 1. The Morgan fingerprint density at radius 3 is 2.75 bits per heavy atom. The minimum Gasteiger partial charge on any atom is -0.328 e. The maximum Gasteiger partial charge on any atom is 0.106 e. The summed E-state index contributed by atoms with van der Waals surface area (Å²) in [7, 11) is 4.22. The topological polar surface area (TPSA) is 21.1 Å². The number of benzene rings is 1. The minimum absolute atomic E-state index is 1.05. The van der Waals surface area contributed by atoms with E-state index in [-0.39, 0.29) is 0 Å². The molecule has 1 aromatic heterocycles. The van der Waals surface area contributed by atoms with E-state index < -0.39 is 0 Å². The highest BCUT2D eigenvalue weighted by Crippen LogP contribution is 2.15. The van der Waals surface area contributed by atoms with Gasteiger partial charge in [0.1, 0.15) is 5.82 Å². The van der Waals surface area contributed by atoms with Gasteiger partial charge in [-0.1, -0.05) is 12.1 Å². The number of hydrogen-bond acceptors (Lipinski definition) is 2. The zero-order valence-corrected chi connectivity index (χ0v) is 10.3. The molecule has 16 heavy (non-hydrogen) atoms. The smallest absolute Gasteiger partial charge is 0.106 e. The second-order valence-corrected chi connectivity index (χ2v) is 4.46. The molecule has 3 heteroatoms. The van der Waals surface area contributed by atoms with E-state index in [1.165, 1.54) is 5.52 Å². The van der Waals surface area contributed by atoms with Crippen molar-refractivity contribution in [2.75, 3.05) is 20.6 Å². The standard InChI is InChI=1S/C13H19N3/c1-11-14-12-7-4-5-8-13(12)16(11)10-6-9-15(2)3/h4-5,7-8H,6,9-10H2,1-3H3. The van der Waals surface area contributed by atoms with Crippen LogP contribution in [-0.2, 0) is 6.54 Å². The van der Waals surface area contributed by atoms with Crippen LogP contribution < -0.4 is 0 Å². The lowest BCUT2D eigenvalue weighted by Crippen LogP contribution is -2.15. The Morgan fingerprint density at radius 1 is 1.25 bits per heavy atom. The number of para-hydroxylation sites is 2. The Labute approximate surface area is 96.7 Å². The van der Waals surface area contributed by atoms with Gasteiger partial charge in [-0.2, -0.15) is 0 Å². The molecule has 1 heterocycles. The molecule has 0 saturated carbocycles. The van der Waals surface area contributed by atoms with Gasteiger partial charge in [0.05, 0.1) is 11.0 Å². The van der Waals surface area contributed by atoms with E-state index in [1.54, 1.807) is 0 Å². The van der Waals surface area contributed by atoms with Crippen LogP contribution in [0.15, 0.2) is 24.3 Å². The highest BCUT2D eigenvalue weighted by molar-refractivity contribution is 5.75. The fourth-order valence-corrected chi connectivity index (χ4v) is 2.02. The summed E-state index contributed by atoms with van der Waals surface area (Å²) in [6.07, 6.45) is 1.16. The number of hydrogen-bond donors (Lipinski definition) is 0. The van der Waals surface area contributed by atoms with Crippen LogP contribution in [-0.4, -0.2) is 35.1 Å². The van der Waals surface area contributed by atoms with Gasteiger partial charge in [-0.05, 0) is 46.1 Å². The van der Waals surface area contributed by atoms with E-state index in [1.807, 2.05) is 6.07 Å². The summed E-state index contributed by atoms with van der Waals surface area (Å²) in [5, 5.41) is 0. The summed E-state index contributed by atoms with van der Waals surface area (Å²) in [5.41, 5.74) is 2.35. The first kappa shape index (κ1) is 11.1. The number of aryl methyl sites for hydroxylation is 2. The predicted molar refractivity (Wildman–Crippen MR) is 67.6 cm³/mol. The molecule has 2 rings (SSSR count).